The molecule has 1 aliphatic carbocycles. The predicted octanol–water partition coefficient (Wildman–Crippen LogP) is 2.36. The first-order valence-corrected chi connectivity index (χ1v) is 6.86. The van der Waals surface area contributed by atoms with Crippen molar-refractivity contribution in [3.8, 4) is 0 Å². The minimum Gasteiger partial charge on any atom is -0.341 e. The van der Waals surface area contributed by atoms with Crippen LogP contribution in [0, 0.1) is 6.92 Å². The van der Waals surface area contributed by atoms with Crippen LogP contribution in [0.4, 0.5) is 0 Å². The van der Waals surface area contributed by atoms with E-state index >= 15 is 0 Å². The van der Waals surface area contributed by atoms with E-state index in [0.717, 1.165) is 12.8 Å². The van der Waals surface area contributed by atoms with Gasteiger partial charge in [-0.1, -0.05) is 11.2 Å². The van der Waals surface area contributed by atoms with Crippen LogP contribution in [0.3, 0.4) is 0 Å². The average Bonchev–Trinajstić information content (AvgIpc) is 3.05. The van der Waals surface area contributed by atoms with E-state index in [2.05, 4.69) is 21.5 Å². The number of hydrogen-bond acceptors (Lipinski definition) is 4. The Labute approximate surface area is 117 Å². The van der Waals surface area contributed by atoms with Crippen LogP contribution in [0.1, 0.15) is 52.6 Å². The topological polar surface area (TPSA) is 68.0 Å². The van der Waals surface area contributed by atoms with Gasteiger partial charge in [-0.15, -0.1) is 0 Å². The first kappa shape index (κ1) is 12.8. The Hall–Kier alpha value is -2.17. The highest BCUT2D eigenvalue weighted by atomic mass is 16.5. The summed E-state index contributed by atoms with van der Waals surface area (Å²) in [5, 5.41) is 6.61. The van der Waals surface area contributed by atoms with E-state index in [1.165, 1.54) is 17.5 Å². The highest BCUT2D eigenvalue weighted by Crippen LogP contribution is 2.23. The molecule has 20 heavy (non-hydrogen) atoms. The molecule has 1 amide bonds. The van der Waals surface area contributed by atoms with E-state index in [-0.39, 0.29) is 11.9 Å². The summed E-state index contributed by atoms with van der Waals surface area (Å²) < 4.78 is 5.06. The molecule has 0 unspecified atom stereocenters. The molecule has 1 aromatic heterocycles. The minimum atomic E-state index is -0.294. The number of nitrogens with zero attached hydrogens (tertiary/aromatic N) is 2. The van der Waals surface area contributed by atoms with Gasteiger partial charge in [0.05, 0.1) is 0 Å². The van der Waals surface area contributed by atoms with Gasteiger partial charge in [0, 0.05) is 5.56 Å². The summed E-state index contributed by atoms with van der Waals surface area (Å²) in [6, 6.07) is 5.63. The molecule has 5 nitrogen and oxygen atoms in total. The molecule has 0 fully saturated rings. The number of carbonyl (C=O) groups is 1. The van der Waals surface area contributed by atoms with Crippen LogP contribution in [-0.4, -0.2) is 16.0 Å². The standard InChI is InChI=1S/C15H17N3O2/c1-9(15-17-10(2)18-20-15)16-14(19)13-7-6-11-4-3-5-12(11)8-13/h6-9H,3-5H2,1-2H3,(H,16,19)/t9-/m0/s1. The Morgan fingerprint density at radius 2 is 2.15 bits per heavy atom. The molecule has 0 aliphatic heterocycles. The average molecular weight is 271 g/mol. The second-order valence-corrected chi connectivity index (χ2v) is 5.21. The van der Waals surface area contributed by atoms with E-state index in [1.807, 2.05) is 19.1 Å². The molecule has 0 bridgehead atoms. The monoisotopic (exact) mass is 271 g/mol. The fraction of sp³-hybridized carbons (Fsp3) is 0.400. The Bertz CT molecular complexity index is 648. The van der Waals surface area contributed by atoms with Crippen molar-refractivity contribution in [3.05, 3.63) is 46.6 Å². The summed E-state index contributed by atoms with van der Waals surface area (Å²) in [5.41, 5.74) is 3.34. The van der Waals surface area contributed by atoms with Crippen LogP contribution in [0.25, 0.3) is 0 Å². The second-order valence-electron chi connectivity index (χ2n) is 5.21. The number of fused-ring (bicyclic) bond motifs is 1. The number of aromatic nitrogens is 2. The summed E-state index contributed by atoms with van der Waals surface area (Å²) >= 11 is 0. The van der Waals surface area contributed by atoms with Crippen LogP contribution in [0.15, 0.2) is 22.7 Å². The molecular weight excluding hydrogens is 254 g/mol. The van der Waals surface area contributed by atoms with Gasteiger partial charge in [-0.05, 0) is 56.4 Å². The molecule has 1 atom stereocenters. The van der Waals surface area contributed by atoms with Gasteiger partial charge in [0.15, 0.2) is 5.82 Å². The Kier molecular flexibility index (Phi) is 3.26. The Morgan fingerprint density at radius 3 is 2.90 bits per heavy atom. The fourth-order valence-electron chi connectivity index (χ4n) is 2.54. The number of amides is 1. The number of carbonyl (C=O) groups excluding carboxylic acids is 1. The van der Waals surface area contributed by atoms with Gasteiger partial charge in [0.2, 0.25) is 5.89 Å². The van der Waals surface area contributed by atoms with E-state index < -0.39 is 0 Å². The van der Waals surface area contributed by atoms with Crippen LogP contribution >= 0.6 is 0 Å². The molecule has 2 aromatic rings. The van der Waals surface area contributed by atoms with Crippen LogP contribution in [-0.2, 0) is 12.8 Å². The Balaban J connectivity index is 1.73. The molecule has 3 rings (SSSR count). The smallest absolute Gasteiger partial charge is 0.251 e. The van der Waals surface area contributed by atoms with Crippen molar-refractivity contribution in [2.45, 2.75) is 39.2 Å². The van der Waals surface area contributed by atoms with Crippen molar-refractivity contribution in [1.82, 2.24) is 15.5 Å². The zero-order valence-corrected chi connectivity index (χ0v) is 11.6. The lowest BCUT2D eigenvalue weighted by Crippen LogP contribution is -2.27. The third kappa shape index (κ3) is 2.43. The van der Waals surface area contributed by atoms with Crippen molar-refractivity contribution >= 4 is 5.91 Å². The van der Waals surface area contributed by atoms with E-state index in [1.54, 1.807) is 6.92 Å². The van der Waals surface area contributed by atoms with Gasteiger partial charge in [0.1, 0.15) is 6.04 Å². The third-order valence-corrected chi connectivity index (χ3v) is 3.62. The SMILES string of the molecule is Cc1noc([C@H](C)NC(=O)c2ccc3c(c2)CCC3)n1. The molecule has 1 N–H and O–H groups in total. The van der Waals surface area contributed by atoms with E-state index in [0.29, 0.717) is 17.3 Å². The molecule has 0 saturated carbocycles. The summed E-state index contributed by atoms with van der Waals surface area (Å²) in [6.45, 7) is 3.58. The molecule has 0 radical (unpaired) electrons. The number of hydrogen-bond donors (Lipinski definition) is 1. The van der Waals surface area contributed by atoms with Gasteiger partial charge in [-0.25, -0.2) is 0 Å². The van der Waals surface area contributed by atoms with E-state index in [4.69, 9.17) is 4.52 Å². The maximum absolute atomic E-state index is 12.2. The highest BCUT2D eigenvalue weighted by molar-refractivity contribution is 5.94. The molecule has 0 saturated heterocycles. The lowest BCUT2D eigenvalue weighted by atomic mass is 10.1. The van der Waals surface area contributed by atoms with Crippen molar-refractivity contribution in [2.75, 3.05) is 0 Å². The van der Waals surface area contributed by atoms with Crippen LogP contribution < -0.4 is 5.32 Å². The predicted molar refractivity (Wildman–Crippen MR) is 73.4 cm³/mol. The largest absolute Gasteiger partial charge is 0.341 e. The number of aryl methyl sites for hydroxylation is 3. The normalized spacial score (nSPS) is 14.9. The summed E-state index contributed by atoms with van der Waals surface area (Å²) in [7, 11) is 0. The van der Waals surface area contributed by atoms with Gasteiger partial charge in [0.25, 0.3) is 5.91 Å². The molecule has 0 spiro atoms. The fourth-order valence-corrected chi connectivity index (χ4v) is 2.54. The highest BCUT2D eigenvalue weighted by Gasteiger charge is 2.18. The first-order chi connectivity index (χ1) is 9.63. The number of nitrogens with one attached hydrogen (secondary N) is 1. The summed E-state index contributed by atoms with van der Waals surface area (Å²) in [6.07, 6.45) is 3.36. The van der Waals surface area contributed by atoms with E-state index in [9.17, 15) is 4.79 Å². The molecule has 104 valence electrons. The first-order valence-electron chi connectivity index (χ1n) is 6.86. The van der Waals surface area contributed by atoms with Gasteiger partial charge in [-0.2, -0.15) is 4.98 Å². The maximum atomic E-state index is 12.2. The summed E-state index contributed by atoms with van der Waals surface area (Å²) in [4.78, 5) is 16.4. The molecule has 1 aromatic carbocycles. The zero-order chi connectivity index (χ0) is 14.1. The summed E-state index contributed by atoms with van der Waals surface area (Å²) in [5.74, 6) is 0.888. The Morgan fingerprint density at radius 1 is 1.35 bits per heavy atom. The van der Waals surface area contributed by atoms with Crippen molar-refractivity contribution in [1.29, 1.82) is 0 Å². The lowest BCUT2D eigenvalue weighted by Gasteiger charge is -2.10. The number of rotatable bonds is 3. The van der Waals surface area contributed by atoms with Crippen LogP contribution in [0.5, 0.6) is 0 Å². The minimum absolute atomic E-state index is 0.108. The molecule has 5 heteroatoms. The van der Waals surface area contributed by atoms with Gasteiger partial charge >= 0.3 is 0 Å². The van der Waals surface area contributed by atoms with Gasteiger partial charge in [-0.3, -0.25) is 4.79 Å². The maximum Gasteiger partial charge on any atom is 0.251 e. The van der Waals surface area contributed by atoms with Crippen LogP contribution in [0.2, 0.25) is 0 Å². The second kappa shape index (κ2) is 5.07. The molecule has 1 aliphatic rings. The molecule has 1 heterocycles. The van der Waals surface area contributed by atoms with Crippen molar-refractivity contribution in [2.24, 2.45) is 0 Å². The molecular formula is C15H17N3O2. The third-order valence-electron chi connectivity index (χ3n) is 3.62. The van der Waals surface area contributed by atoms with Crippen molar-refractivity contribution < 1.29 is 9.32 Å². The zero-order valence-electron chi connectivity index (χ0n) is 11.6. The van der Waals surface area contributed by atoms with Gasteiger partial charge < -0.3 is 9.84 Å². The quantitative estimate of drug-likeness (QED) is 0.930. The van der Waals surface area contributed by atoms with Crippen molar-refractivity contribution in [3.63, 3.8) is 0 Å². The lowest BCUT2D eigenvalue weighted by molar-refractivity contribution is 0.0932. The number of benzene rings is 1.